The number of para-hydroxylation sites is 1. The molecule has 0 fully saturated rings. The first kappa shape index (κ1) is 20.9. The molecule has 1 aliphatic rings. The van der Waals surface area contributed by atoms with Crippen LogP contribution in [0.25, 0.3) is 16.6 Å². The van der Waals surface area contributed by atoms with E-state index >= 15 is 0 Å². The van der Waals surface area contributed by atoms with Crippen LogP contribution in [0, 0.1) is 6.92 Å². The quantitative estimate of drug-likeness (QED) is 0.360. The lowest BCUT2D eigenvalue weighted by Gasteiger charge is -2.22. The molecule has 1 atom stereocenters. The van der Waals surface area contributed by atoms with Gasteiger partial charge in [0, 0.05) is 17.1 Å². The van der Waals surface area contributed by atoms with Gasteiger partial charge >= 0.3 is 0 Å². The number of aromatic nitrogens is 4. The van der Waals surface area contributed by atoms with Crippen LogP contribution in [0.15, 0.2) is 52.5 Å². The van der Waals surface area contributed by atoms with E-state index in [1.165, 1.54) is 17.8 Å². The summed E-state index contributed by atoms with van der Waals surface area (Å²) < 4.78 is 25.0. The number of fused-ring (bicyclic) bond motifs is 4. The van der Waals surface area contributed by atoms with Crippen molar-refractivity contribution < 1.29 is 13.2 Å². The summed E-state index contributed by atoms with van der Waals surface area (Å²) in [5.74, 6) is 0.689. The molecule has 2 N–H and O–H groups in total. The van der Waals surface area contributed by atoms with Crippen LogP contribution in [0.5, 0.6) is 0 Å². The number of rotatable bonds is 4. The third-order valence-electron chi connectivity index (χ3n) is 5.44. The van der Waals surface area contributed by atoms with Crippen LogP contribution in [0.2, 0.25) is 0 Å². The Kier molecular flexibility index (Phi) is 4.91. The summed E-state index contributed by atoms with van der Waals surface area (Å²) in [5.41, 5.74) is 3.00. The normalized spacial score (nSPS) is 16.1. The molecular weight excluding hydrogens is 448 g/mol. The van der Waals surface area contributed by atoms with Crippen molar-refractivity contribution in [2.75, 3.05) is 10.7 Å². The molecule has 0 saturated heterocycles. The Hall–Kier alpha value is -3.02. The van der Waals surface area contributed by atoms with E-state index in [9.17, 15) is 13.2 Å². The molecular formula is C21H20N6O3S2. The average Bonchev–Trinajstić information content (AvgIpc) is 3.29. The number of sulfonamides is 1. The standard InChI is InChI=1S/C21H20N6O3S2/c1-12-9-14-10-15(32(22,29)30)7-8-18(14)26(12)19(28)11-31-21-24-17-6-4-3-5-16(17)20-23-13(2)25-27(20)21/h3-8,10,12H,9,11H2,1-2H3,(H2,22,29,30)/t12-/m0/s1. The number of amides is 1. The lowest BCUT2D eigenvalue weighted by Crippen LogP contribution is -2.37. The minimum absolute atomic E-state index is 0.0523. The van der Waals surface area contributed by atoms with E-state index in [2.05, 4.69) is 15.1 Å². The summed E-state index contributed by atoms with van der Waals surface area (Å²) in [5, 5.41) is 11.2. The summed E-state index contributed by atoms with van der Waals surface area (Å²) in [6, 6.07) is 12.2. The number of hydrogen-bond donors (Lipinski definition) is 1. The van der Waals surface area contributed by atoms with Gasteiger partial charge in [0.15, 0.2) is 10.8 Å². The van der Waals surface area contributed by atoms with E-state index in [1.807, 2.05) is 38.1 Å². The van der Waals surface area contributed by atoms with Gasteiger partial charge < -0.3 is 4.90 Å². The van der Waals surface area contributed by atoms with Crippen molar-refractivity contribution in [3.05, 3.63) is 53.9 Å². The number of primary sulfonamides is 1. The fourth-order valence-corrected chi connectivity index (χ4v) is 5.46. The molecule has 1 aliphatic heterocycles. The number of aryl methyl sites for hydroxylation is 1. The molecule has 0 bridgehead atoms. The van der Waals surface area contributed by atoms with Crippen LogP contribution < -0.4 is 10.0 Å². The Balaban J connectivity index is 1.44. The molecule has 5 rings (SSSR count). The highest BCUT2D eigenvalue weighted by Gasteiger charge is 2.32. The van der Waals surface area contributed by atoms with Gasteiger partial charge in [-0.25, -0.2) is 23.5 Å². The first-order valence-corrected chi connectivity index (χ1v) is 12.5. The molecule has 2 aromatic carbocycles. The average molecular weight is 469 g/mol. The monoisotopic (exact) mass is 468 g/mol. The van der Waals surface area contributed by atoms with E-state index in [-0.39, 0.29) is 22.6 Å². The zero-order chi connectivity index (χ0) is 22.6. The molecule has 4 aromatic rings. The lowest BCUT2D eigenvalue weighted by atomic mass is 10.1. The van der Waals surface area contributed by atoms with Gasteiger partial charge in [0.2, 0.25) is 15.9 Å². The maximum Gasteiger partial charge on any atom is 0.238 e. The number of nitrogens with zero attached hydrogens (tertiary/aromatic N) is 5. The van der Waals surface area contributed by atoms with Crippen LogP contribution in [0.4, 0.5) is 5.69 Å². The second-order valence-electron chi connectivity index (χ2n) is 7.75. The van der Waals surface area contributed by atoms with Crippen LogP contribution in [-0.2, 0) is 21.2 Å². The SMILES string of the molecule is Cc1nc2c3ccccc3nc(SCC(=O)N3c4ccc(S(N)(=O)=O)cc4C[C@@H]3C)n2n1. The first-order chi connectivity index (χ1) is 15.2. The highest BCUT2D eigenvalue weighted by atomic mass is 32.2. The van der Waals surface area contributed by atoms with Gasteiger partial charge in [-0.2, -0.15) is 4.52 Å². The second-order valence-corrected chi connectivity index (χ2v) is 10.3. The number of thioether (sulfide) groups is 1. The number of benzene rings is 2. The number of hydrogen-bond acceptors (Lipinski definition) is 7. The molecule has 3 heterocycles. The van der Waals surface area contributed by atoms with Crippen molar-refractivity contribution >= 4 is 49.9 Å². The van der Waals surface area contributed by atoms with Crippen LogP contribution in [-0.4, -0.2) is 45.7 Å². The molecule has 0 saturated carbocycles. The number of anilines is 1. The molecule has 0 unspecified atom stereocenters. The van der Waals surface area contributed by atoms with E-state index in [1.54, 1.807) is 21.5 Å². The molecule has 164 valence electrons. The predicted octanol–water partition coefficient (Wildman–Crippen LogP) is 2.30. The smallest absolute Gasteiger partial charge is 0.238 e. The van der Waals surface area contributed by atoms with Gasteiger partial charge in [0.25, 0.3) is 0 Å². The Morgan fingerprint density at radius 3 is 2.78 bits per heavy atom. The predicted molar refractivity (Wildman–Crippen MR) is 122 cm³/mol. The van der Waals surface area contributed by atoms with Crippen LogP contribution in [0.3, 0.4) is 0 Å². The fourth-order valence-electron chi connectivity index (χ4n) is 4.09. The van der Waals surface area contributed by atoms with E-state index < -0.39 is 10.0 Å². The van der Waals surface area contributed by atoms with Gasteiger partial charge in [0.05, 0.1) is 16.2 Å². The molecule has 0 aliphatic carbocycles. The van der Waals surface area contributed by atoms with Crippen molar-refractivity contribution in [2.24, 2.45) is 5.14 Å². The molecule has 0 radical (unpaired) electrons. The minimum Gasteiger partial charge on any atom is -0.308 e. The zero-order valence-electron chi connectivity index (χ0n) is 17.4. The van der Waals surface area contributed by atoms with Crippen LogP contribution in [0.1, 0.15) is 18.3 Å². The highest BCUT2D eigenvalue weighted by Crippen LogP contribution is 2.34. The number of nitrogens with two attached hydrogens (primary N) is 1. The van der Waals surface area contributed by atoms with Crippen molar-refractivity contribution in [1.82, 2.24) is 19.6 Å². The van der Waals surface area contributed by atoms with E-state index in [0.29, 0.717) is 28.7 Å². The largest absolute Gasteiger partial charge is 0.308 e. The Bertz CT molecular complexity index is 1500. The van der Waals surface area contributed by atoms with Crippen molar-refractivity contribution in [3.8, 4) is 0 Å². The van der Waals surface area contributed by atoms with Crippen molar-refractivity contribution in [2.45, 2.75) is 36.4 Å². The van der Waals surface area contributed by atoms with E-state index in [4.69, 9.17) is 5.14 Å². The van der Waals surface area contributed by atoms with E-state index in [0.717, 1.165) is 16.5 Å². The van der Waals surface area contributed by atoms with Gasteiger partial charge in [-0.05, 0) is 56.2 Å². The molecule has 11 heteroatoms. The third kappa shape index (κ3) is 3.51. The summed E-state index contributed by atoms with van der Waals surface area (Å²) in [6.45, 7) is 3.76. The summed E-state index contributed by atoms with van der Waals surface area (Å²) >= 11 is 1.30. The highest BCUT2D eigenvalue weighted by molar-refractivity contribution is 7.99. The minimum atomic E-state index is -3.79. The van der Waals surface area contributed by atoms with Crippen molar-refractivity contribution in [3.63, 3.8) is 0 Å². The Labute approximate surface area is 188 Å². The van der Waals surface area contributed by atoms with Gasteiger partial charge in [0.1, 0.15) is 5.82 Å². The maximum atomic E-state index is 13.2. The zero-order valence-corrected chi connectivity index (χ0v) is 19.0. The first-order valence-electron chi connectivity index (χ1n) is 9.95. The Morgan fingerprint density at radius 2 is 2.00 bits per heavy atom. The number of carbonyl (C=O) groups excluding carboxylic acids is 1. The fraction of sp³-hybridized carbons (Fsp3) is 0.238. The van der Waals surface area contributed by atoms with Crippen LogP contribution >= 0.6 is 11.8 Å². The molecule has 2 aromatic heterocycles. The maximum absolute atomic E-state index is 13.2. The summed E-state index contributed by atoms with van der Waals surface area (Å²) in [6.07, 6.45) is 0.565. The molecule has 9 nitrogen and oxygen atoms in total. The topological polar surface area (TPSA) is 124 Å². The van der Waals surface area contributed by atoms with Gasteiger partial charge in [-0.3, -0.25) is 4.79 Å². The molecule has 32 heavy (non-hydrogen) atoms. The lowest BCUT2D eigenvalue weighted by molar-refractivity contribution is -0.116. The van der Waals surface area contributed by atoms with Gasteiger partial charge in [-0.1, -0.05) is 23.9 Å². The summed E-state index contributed by atoms with van der Waals surface area (Å²) in [7, 11) is -3.79. The third-order valence-corrected chi connectivity index (χ3v) is 7.27. The van der Waals surface area contributed by atoms with Gasteiger partial charge in [-0.15, -0.1) is 5.10 Å². The molecule has 0 spiro atoms. The molecule has 1 amide bonds. The number of carbonyl (C=O) groups is 1. The summed E-state index contributed by atoms with van der Waals surface area (Å²) in [4.78, 5) is 24.1. The second kappa shape index (κ2) is 7.54. The van der Waals surface area contributed by atoms with Crippen molar-refractivity contribution in [1.29, 1.82) is 0 Å². The Morgan fingerprint density at radius 1 is 1.22 bits per heavy atom.